The van der Waals surface area contributed by atoms with Crippen molar-refractivity contribution in [3.05, 3.63) is 29.3 Å². The van der Waals surface area contributed by atoms with Crippen molar-refractivity contribution in [3.63, 3.8) is 0 Å². The van der Waals surface area contributed by atoms with Crippen LogP contribution in [0.4, 0.5) is 5.69 Å². The molecule has 1 aromatic rings. The first-order valence-corrected chi connectivity index (χ1v) is 5.60. The SMILES string of the molecule is CC.CCC(=O)c1ccc(N)c(CC)c1. The standard InChI is InChI=1S/C11H15NO.C2H6/c1-3-8-7-9(11(13)4-2)5-6-10(8)12;1-2/h5-7H,3-4,12H2,1-2H3;1-2H3. The molecular weight excluding hydrogens is 186 g/mol. The van der Waals surface area contributed by atoms with E-state index in [1.807, 2.05) is 39.8 Å². The molecule has 1 rings (SSSR count). The summed E-state index contributed by atoms with van der Waals surface area (Å²) in [6.45, 7) is 7.90. The Labute approximate surface area is 92.5 Å². The lowest BCUT2D eigenvalue weighted by molar-refractivity contribution is 0.0988. The van der Waals surface area contributed by atoms with Crippen LogP contribution in [0.3, 0.4) is 0 Å². The molecule has 0 aromatic heterocycles. The minimum Gasteiger partial charge on any atom is -0.399 e. The molecule has 0 saturated carbocycles. The number of ketones is 1. The minimum atomic E-state index is 0.176. The number of benzene rings is 1. The Hall–Kier alpha value is -1.31. The summed E-state index contributed by atoms with van der Waals surface area (Å²) in [5.41, 5.74) is 8.33. The Bertz CT molecular complexity index is 318. The smallest absolute Gasteiger partial charge is 0.162 e. The highest BCUT2D eigenvalue weighted by atomic mass is 16.1. The van der Waals surface area contributed by atoms with Crippen LogP contribution in [-0.4, -0.2) is 5.78 Å². The number of carbonyl (C=O) groups is 1. The van der Waals surface area contributed by atoms with Crippen LogP contribution in [0, 0.1) is 0 Å². The van der Waals surface area contributed by atoms with E-state index in [1.54, 1.807) is 6.07 Å². The highest BCUT2D eigenvalue weighted by Crippen LogP contribution is 2.15. The van der Waals surface area contributed by atoms with Crippen LogP contribution in [0.15, 0.2) is 18.2 Å². The van der Waals surface area contributed by atoms with Crippen LogP contribution in [0.5, 0.6) is 0 Å². The van der Waals surface area contributed by atoms with Crippen molar-refractivity contribution in [2.45, 2.75) is 40.5 Å². The number of aryl methyl sites for hydroxylation is 1. The summed E-state index contributed by atoms with van der Waals surface area (Å²) in [4.78, 5) is 11.4. The number of carbonyl (C=O) groups excluding carboxylic acids is 1. The normalized spacial score (nSPS) is 9.07. The molecule has 2 heteroatoms. The van der Waals surface area contributed by atoms with Crippen molar-refractivity contribution in [1.29, 1.82) is 0 Å². The van der Waals surface area contributed by atoms with Gasteiger partial charge in [-0.2, -0.15) is 0 Å². The number of hydrogen-bond acceptors (Lipinski definition) is 2. The van der Waals surface area contributed by atoms with Crippen LogP contribution < -0.4 is 5.73 Å². The number of hydrogen-bond donors (Lipinski definition) is 1. The van der Waals surface area contributed by atoms with Crippen molar-refractivity contribution in [2.75, 3.05) is 5.73 Å². The Balaban J connectivity index is 0.000000921. The van der Waals surface area contributed by atoms with Crippen molar-refractivity contribution < 1.29 is 4.79 Å². The number of Topliss-reactive ketones (excluding diaryl/α,β-unsaturated/α-hetero) is 1. The van der Waals surface area contributed by atoms with Gasteiger partial charge >= 0.3 is 0 Å². The monoisotopic (exact) mass is 207 g/mol. The lowest BCUT2D eigenvalue weighted by atomic mass is 10.0. The van der Waals surface area contributed by atoms with Gasteiger partial charge in [0, 0.05) is 17.7 Å². The van der Waals surface area contributed by atoms with Crippen LogP contribution in [0.2, 0.25) is 0 Å². The zero-order chi connectivity index (χ0) is 11.8. The molecule has 84 valence electrons. The molecule has 0 bridgehead atoms. The molecular formula is C13H21NO. The first-order valence-electron chi connectivity index (χ1n) is 5.60. The second-order valence-corrected chi connectivity index (χ2v) is 3.04. The molecule has 1 aromatic carbocycles. The van der Waals surface area contributed by atoms with Gasteiger partial charge in [0.2, 0.25) is 0 Å². The topological polar surface area (TPSA) is 43.1 Å². The van der Waals surface area contributed by atoms with Gasteiger partial charge in [0.25, 0.3) is 0 Å². The second-order valence-electron chi connectivity index (χ2n) is 3.04. The van der Waals surface area contributed by atoms with Crippen LogP contribution >= 0.6 is 0 Å². The fourth-order valence-electron chi connectivity index (χ4n) is 1.29. The summed E-state index contributed by atoms with van der Waals surface area (Å²) in [7, 11) is 0. The van der Waals surface area contributed by atoms with Crippen molar-refractivity contribution in [3.8, 4) is 0 Å². The molecule has 0 aliphatic carbocycles. The molecule has 0 fully saturated rings. The van der Waals surface area contributed by atoms with E-state index < -0.39 is 0 Å². The maximum Gasteiger partial charge on any atom is 0.162 e. The first-order chi connectivity index (χ1) is 7.19. The number of nitrogen functional groups attached to an aromatic ring is 1. The Morgan fingerprint density at radius 3 is 2.33 bits per heavy atom. The molecule has 0 aliphatic heterocycles. The van der Waals surface area contributed by atoms with E-state index in [0.717, 1.165) is 23.2 Å². The average molecular weight is 207 g/mol. The summed E-state index contributed by atoms with van der Waals surface area (Å²) in [5, 5.41) is 0. The number of anilines is 1. The quantitative estimate of drug-likeness (QED) is 0.609. The van der Waals surface area contributed by atoms with E-state index in [1.165, 1.54) is 0 Å². The third-order valence-electron chi connectivity index (χ3n) is 2.17. The molecule has 0 atom stereocenters. The van der Waals surface area contributed by atoms with Crippen LogP contribution in [0.1, 0.15) is 50.0 Å². The molecule has 0 heterocycles. The number of nitrogens with two attached hydrogens (primary N) is 1. The van der Waals surface area contributed by atoms with E-state index in [4.69, 9.17) is 5.73 Å². The molecule has 2 N–H and O–H groups in total. The largest absolute Gasteiger partial charge is 0.399 e. The van der Waals surface area contributed by atoms with Gasteiger partial charge in [0.05, 0.1) is 0 Å². The molecule has 15 heavy (non-hydrogen) atoms. The van der Waals surface area contributed by atoms with E-state index in [9.17, 15) is 4.79 Å². The summed E-state index contributed by atoms with van der Waals surface area (Å²) >= 11 is 0. The van der Waals surface area contributed by atoms with Gasteiger partial charge in [0.15, 0.2) is 5.78 Å². The Morgan fingerprint density at radius 2 is 1.87 bits per heavy atom. The van der Waals surface area contributed by atoms with Crippen LogP contribution in [0.25, 0.3) is 0 Å². The molecule has 0 saturated heterocycles. The predicted molar refractivity (Wildman–Crippen MR) is 66.2 cm³/mol. The Kier molecular flexibility index (Phi) is 6.43. The number of rotatable bonds is 3. The van der Waals surface area contributed by atoms with Gasteiger partial charge in [-0.25, -0.2) is 0 Å². The maximum absolute atomic E-state index is 11.4. The van der Waals surface area contributed by atoms with Crippen molar-refractivity contribution in [1.82, 2.24) is 0 Å². The summed E-state index contributed by atoms with van der Waals surface area (Å²) in [6, 6.07) is 5.49. The zero-order valence-electron chi connectivity index (χ0n) is 10.1. The first kappa shape index (κ1) is 13.7. The lowest BCUT2D eigenvalue weighted by Crippen LogP contribution is -2.00. The highest BCUT2D eigenvalue weighted by Gasteiger charge is 2.04. The zero-order valence-corrected chi connectivity index (χ0v) is 10.1. The Morgan fingerprint density at radius 1 is 1.27 bits per heavy atom. The van der Waals surface area contributed by atoms with Crippen LogP contribution in [-0.2, 0) is 6.42 Å². The van der Waals surface area contributed by atoms with E-state index in [-0.39, 0.29) is 5.78 Å². The third-order valence-corrected chi connectivity index (χ3v) is 2.17. The average Bonchev–Trinajstić information content (AvgIpc) is 2.31. The lowest BCUT2D eigenvalue weighted by Gasteiger charge is -2.04. The van der Waals surface area contributed by atoms with Gasteiger partial charge in [-0.15, -0.1) is 0 Å². The fourth-order valence-corrected chi connectivity index (χ4v) is 1.29. The summed E-state index contributed by atoms with van der Waals surface area (Å²) < 4.78 is 0. The fraction of sp³-hybridized carbons (Fsp3) is 0.462. The van der Waals surface area contributed by atoms with Gasteiger partial charge < -0.3 is 5.73 Å². The molecule has 0 amide bonds. The predicted octanol–water partition coefficient (Wildman–Crippen LogP) is 3.45. The van der Waals surface area contributed by atoms with E-state index in [2.05, 4.69) is 0 Å². The maximum atomic E-state index is 11.4. The van der Waals surface area contributed by atoms with Gasteiger partial charge in [-0.05, 0) is 30.2 Å². The van der Waals surface area contributed by atoms with Crippen molar-refractivity contribution >= 4 is 11.5 Å². The summed E-state index contributed by atoms with van der Waals surface area (Å²) in [6.07, 6.45) is 1.42. The molecule has 2 nitrogen and oxygen atoms in total. The molecule has 0 unspecified atom stereocenters. The minimum absolute atomic E-state index is 0.176. The summed E-state index contributed by atoms with van der Waals surface area (Å²) in [5.74, 6) is 0.176. The molecule has 0 aliphatic rings. The van der Waals surface area contributed by atoms with Gasteiger partial charge in [-0.1, -0.05) is 27.7 Å². The van der Waals surface area contributed by atoms with E-state index in [0.29, 0.717) is 6.42 Å². The van der Waals surface area contributed by atoms with Gasteiger partial charge in [0.1, 0.15) is 0 Å². The second kappa shape index (κ2) is 7.04. The van der Waals surface area contributed by atoms with E-state index >= 15 is 0 Å². The molecule has 0 spiro atoms. The van der Waals surface area contributed by atoms with Gasteiger partial charge in [-0.3, -0.25) is 4.79 Å². The molecule has 0 radical (unpaired) electrons. The highest BCUT2D eigenvalue weighted by molar-refractivity contribution is 5.96. The van der Waals surface area contributed by atoms with Crippen molar-refractivity contribution in [2.24, 2.45) is 0 Å². The third kappa shape index (κ3) is 3.74.